The van der Waals surface area contributed by atoms with E-state index in [0.717, 1.165) is 30.1 Å². The molecule has 0 aliphatic carbocycles. The van der Waals surface area contributed by atoms with Crippen LogP contribution in [0, 0.1) is 6.92 Å². The molecule has 0 saturated carbocycles. The van der Waals surface area contributed by atoms with Gasteiger partial charge in [-0.25, -0.2) is 4.79 Å². The Hall–Kier alpha value is -2.28. The smallest absolute Gasteiger partial charge is 0.314 e. The minimum atomic E-state index is -0.222. The van der Waals surface area contributed by atoms with Gasteiger partial charge in [-0.3, -0.25) is 0 Å². The van der Waals surface area contributed by atoms with Gasteiger partial charge >= 0.3 is 6.03 Å². The van der Waals surface area contributed by atoms with Gasteiger partial charge in [-0.05, 0) is 55.7 Å². The van der Waals surface area contributed by atoms with E-state index in [2.05, 4.69) is 20.1 Å². The standard InChI is InChI=1S/C21H20Cl3N5O/c1-13-26-27-20(29(13)12-14-4-6-15(22)7-5-14)19-3-2-10-28(19)21(30)25-18-9-8-16(23)11-17(18)24/h4-9,11,19H,2-3,10,12H2,1H3,(H,25,30)/t19-/m1/s1. The van der Waals surface area contributed by atoms with Gasteiger partial charge in [0.2, 0.25) is 0 Å². The number of benzene rings is 2. The second kappa shape index (κ2) is 8.84. The lowest BCUT2D eigenvalue weighted by atomic mass is 10.2. The summed E-state index contributed by atoms with van der Waals surface area (Å²) in [6.07, 6.45) is 1.71. The van der Waals surface area contributed by atoms with Gasteiger partial charge in [0.1, 0.15) is 5.82 Å². The summed E-state index contributed by atoms with van der Waals surface area (Å²) in [5.41, 5.74) is 1.61. The topological polar surface area (TPSA) is 63.1 Å². The summed E-state index contributed by atoms with van der Waals surface area (Å²) in [7, 11) is 0. The summed E-state index contributed by atoms with van der Waals surface area (Å²) in [6.45, 7) is 3.16. The zero-order chi connectivity index (χ0) is 21.3. The van der Waals surface area contributed by atoms with Crippen LogP contribution in [-0.4, -0.2) is 32.2 Å². The lowest BCUT2D eigenvalue weighted by molar-refractivity contribution is 0.204. The van der Waals surface area contributed by atoms with Gasteiger partial charge in [-0.15, -0.1) is 10.2 Å². The van der Waals surface area contributed by atoms with Crippen LogP contribution in [0.3, 0.4) is 0 Å². The fourth-order valence-corrected chi connectivity index (χ4v) is 4.25. The Kier molecular flexibility index (Phi) is 6.18. The van der Waals surface area contributed by atoms with E-state index in [-0.39, 0.29) is 12.1 Å². The predicted molar refractivity (Wildman–Crippen MR) is 119 cm³/mol. The molecule has 1 fully saturated rings. The van der Waals surface area contributed by atoms with Crippen molar-refractivity contribution in [1.29, 1.82) is 0 Å². The van der Waals surface area contributed by atoms with Crippen molar-refractivity contribution < 1.29 is 4.79 Å². The second-order valence-corrected chi connectivity index (χ2v) is 8.50. The lowest BCUT2D eigenvalue weighted by Crippen LogP contribution is -2.35. The number of nitrogens with one attached hydrogen (secondary N) is 1. The van der Waals surface area contributed by atoms with Gasteiger partial charge in [0.15, 0.2) is 5.82 Å². The average molecular weight is 465 g/mol. The molecule has 1 aliphatic heterocycles. The molecule has 1 aliphatic rings. The highest BCUT2D eigenvalue weighted by atomic mass is 35.5. The largest absolute Gasteiger partial charge is 0.322 e. The Balaban J connectivity index is 1.56. The Morgan fingerprint density at radius 1 is 1.10 bits per heavy atom. The van der Waals surface area contributed by atoms with E-state index < -0.39 is 0 Å². The van der Waals surface area contributed by atoms with Crippen LogP contribution in [-0.2, 0) is 6.54 Å². The Bertz CT molecular complexity index is 1070. The minimum Gasteiger partial charge on any atom is -0.314 e. The number of urea groups is 1. The van der Waals surface area contributed by atoms with Crippen molar-refractivity contribution in [2.45, 2.75) is 32.4 Å². The summed E-state index contributed by atoms with van der Waals surface area (Å²) < 4.78 is 2.05. The normalized spacial score (nSPS) is 16.1. The van der Waals surface area contributed by atoms with Crippen molar-refractivity contribution >= 4 is 46.5 Å². The molecule has 2 amide bonds. The maximum Gasteiger partial charge on any atom is 0.322 e. The molecule has 0 radical (unpaired) electrons. The van der Waals surface area contributed by atoms with Gasteiger partial charge in [0.05, 0.1) is 23.3 Å². The molecule has 1 aromatic heterocycles. The highest BCUT2D eigenvalue weighted by Gasteiger charge is 2.34. The van der Waals surface area contributed by atoms with Crippen molar-refractivity contribution in [3.05, 3.63) is 74.7 Å². The molecule has 0 unspecified atom stereocenters. The first-order chi connectivity index (χ1) is 14.4. The summed E-state index contributed by atoms with van der Waals surface area (Å²) >= 11 is 18.2. The Labute approximate surface area is 189 Å². The Morgan fingerprint density at radius 2 is 1.83 bits per heavy atom. The van der Waals surface area contributed by atoms with Gasteiger partial charge in [-0.2, -0.15) is 0 Å². The highest BCUT2D eigenvalue weighted by Crippen LogP contribution is 2.33. The number of nitrogens with zero attached hydrogens (tertiary/aromatic N) is 4. The third-order valence-electron chi connectivity index (χ3n) is 5.20. The zero-order valence-corrected chi connectivity index (χ0v) is 18.5. The molecule has 156 valence electrons. The third kappa shape index (κ3) is 4.41. The van der Waals surface area contributed by atoms with Crippen LogP contribution in [0.4, 0.5) is 10.5 Å². The number of likely N-dealkylation sites (tertiary alicyclic amines) is 1. The molecule has 1 N–H and O–H groups in total. The summed E-state index contributed by atoms with van der Waals surface area (Å²) in [4.78, 5) is 14.8. The van der Waals surface area contributed by atoms with Crippen molar-refractivity contribution in [3.8, 4) is 0 Å². The van der Waals surface area contributed by atoms with E-state index in [1.54, 1.807) is 23.1 Å². The number of anilines is 1. The first-order valence-corrected chi connectivity index (χ1v) is 10.7. The average Bonchev–Trinajstić information content (AvgIpc) is 3.33. The minimum absolute atomic E-state index is 0.162. The van der Waals surface area contributed by atoms with Gasteiger partial charge in [0, 0.05) is 16.6 Å². The van der Waals surface area contributed by atoms with Crippen LogP contribution in [0.1, 0.15) is 36.1 Å². The van der Waals surface area contributed by atoms with Crippen LogP contribution in [0.5, 0.6) is 0 Å². The van der Waals surface area contributed by atoms with Crippen LogP contribution < -0.4 is 5.32 Å². The van der Waals surface area contributed by atoms with Crippen LogP contribution in [0.2, 0.25) is 15.1 Å². The van der Waals surface area contributed by atoms with Crippen LogP contribution >= 0.6 is 34.8 Å². The van der Waals surface area contributed by atoms with Gasteiger partial charge in [-0.1, -0.05) is 46.9 Å². The van der Waals surface area contributed by atoms with Gasteiger partial charge in [0.25, 0.3) is 0 Å². The number of carbonyl (C=O) groups excluding carboxylic acids is 1. The molecule has 0 bridgehead atoms. The molecular formula is C21H20Cl3N5O. The number of carbonyl (C=O) groups is 1. The highest BCUT2D eigenvalue weighted by molar-refractivity contribution is 6.36. The van der Waals surface area contributed by atoms with Crippen molar-refractivity contribution in [2.24, 2.45) is 0 Å². The third-order valence-corrected chi connectivity index (χ3v) is 6.00. The van der Waals surface area contributed by atoms with Crippen LogP contribution in [0.25, 0.3) is 0 Å². The molecule has 0 spiro atoms. The van der Waals surface area contributed by atoms with E-state index >= 15 is 0 Å². The number of halogens is 3. The van der Waals surface area contributed by atoms with Crippen LogP contribution in [0.15, 0.2) is 42.5 Å². The molecule has 3 aromatic rings. The molecular weight excluding hydrogens is 445 g/mol. The van der Waals surface area contributed by atoms with E-state index in [0.29, 0.717) is 33.8 Å². The summed E-state index contributed by atoms with van der Waals surface area (Å²) in [6, 6.07) is 12.3. The molecule has 2 heterocycles. The summed E-state index contributed by atoms with van der Waals surface area (Å²) in [5, 5.41) is 13.2. The fourth-order valence-electron chi connectivity index (χ4n) is 3.67. The maximum absolute atomic E-state index is 13.0. The number of hydrogen-bond donors (Lipinski definition) is 1. The number of amides is 2. The van der Waals surface area contributed by atoms with E-state index in [9.17, 15) is 4.79 Å². The van der Waals surface area contributed by atoms with Gasteiger partial charge < -0.3 is 14.8 Å². The second-order valence-electron chi connectivity index (χ2n) is 7.22. The van der Waals surface area contributed by atoms with Crippen molar-refractivity contribution in [3.63, 3.8) is 0 Å². The van der Waals surface area contributed by atoms with E-state index in [1.807, 2.05) is 31.2 Å². The monoisotopic (exact) mass is 463 g/mol. The van der Waals surface area contributed by atoms with Crippen molar-refractivity contribution in [1.82, 2.24) is 19.7 Å². The predicted octanol–water partition coefficient (Wildman–Crippen LogP) is 5.96. The molecule has 4 rings (SSSR count). The van der Waals surface area contributed by atoms with E-state index in [4.69, 9.17) is 34.8 Å². The molecule has 30 heavy (non-hydrogen) atoms. The summed E-state index contributed by atoms with van der Waals surface area (Å²) in [5.74, 6) is 1.57. The first kappa shape index (κ1) is 21.0. The molecule has 2 aromatic carbocycles. The Morgan fingerprint density at radius 3 is 2.57 bits per heavy atom. The molecule has 1 saturated heterocycles. The first-order valence-electron chi connectivity index (χ1n) is 9.59. The quantitative estimate of drug-likeness (QED) is 0.518. The zero-order valence-electron chi connectivity index (χ0n) is 16.3. The molecule has 1 atom stereocenters. The fraction of sp³-hybridized carbons (Fsp3) is 0.286. The van der Waals surface area contributed by atoms with Crippen molar-refractivity contribution in [2.75, 3.05) is 11.9 Å². The lowest BCUT2D eigenvalue weighted by Gasteiger charge is -2.25. The molecule has 6 nitrogen and oxygen atoms in total. The molecule has 9 heteroatoms. The number of aryl methyl sites for hydroxylation is 1. The SMILES string of the molecule is Cc1nnc([C@H]2CCCN2C(=O)Nc2ccc(Cl)cc2Cl)n1Cc1ccc(Cl)cc1. The number of aromatic nitrogens is 3. The number of hydrogen-bond acceptors (Lipinski definition) is 3. The van der Waals surface area contributed by atoms with E-state index in [1.165, 1.54) is 0 Å². The number of rotatable bonds is 4. The maximum atomic E-state index is 13.0.